The van der Waals surface area contributed by atoms with Crippen LogP contribution >= 0.6 is 15.9 Å². The predicted molar refractivity (Wildman–Crippen MR) is 92.0 cm³/mol. The van der Waals surface area contributed by atoms with Crippen LogP contribution in [0.15, 0.2) is 18.2 Å². The lowest BCUT2D eigenvalue weighted by Gasteiger charge is -2.30. The lowest BCUT2D eigenvalue weighted by Crippen LogP contribution is -2.57. The van der Waals surface area contributed by atoms with E-state index in [1.54, 1.807) is 39.0 Å². The van der Waals surface area contributed by atoms with Crippen LogP contribution in [0.2, 0.25) is 0 Å². The summed E-state index contributed by atoms with van der Waals surface area (Å²) in [5.41, 5.74) is 1.13. The first kappa shape index (κ1) is 17.8. The number of nitrogens with zero attached hydrogens (tertiary/aromatic N) is 1. The second-order valence-corrected chi connectivity index (χ2v) is 7.85. The molecule has 23 heavy (non-hydrogen) atoms. The number of carbonyl (C=O) groups excluding carboxylic acids is 2. The van der Waals surface area contributed by atoms with Crippen LogP contribution in [-0.2, 0) is 15.0 Å². The third kappa shape index (κ3) is 2.64. The maximum atomic E-state index is 13.0. The summed E-state index contributed by atoms with van der Waals surface area (Å²) in [6.07, 6.45) is 0. The molecule has 1 N–H and O–H groups in total. The van der Waals surface area contributed by atoms with Crippen LogP contribution in [0.1, 0.15) is 43.6 Å². The summed E-state index contributed by atoms with van der Waals surface area (Å²) in [5, 5.41) is 9.27. The number of likely N-dealkylation sites (N-methyl/N-ethyl adjacent to an activating group) is 1. The average Bonchev–Trinajstić information content (AvgIpc) is 2.65. The number of ketones is 1. The fourth-order valence-corrected chi connectivity index (χ4v) is 3.63. The topological polar surface area (TPSA) is 71.4 Å². The maximum absolute atomic E-state index is 13.0. The predicted octanol–water partition coefficient (Wildman–Crippen LogP) is 2.88. The van der Waals surface area contributed by atoms with Crippen molar-refractivity contribution in [1.82, 2.24) is 4.48 Å². The van der Waals surface area contributed by atoms with Crippen LogP contribution in [0.4, 0.5) is 5.69 Å². The molecule has 0 spiro atoms. The molecule has 2 rings (SSSR count). The van der Waals surface area contributed by atoms with Gasteiger partial charge in [-0.2, -0.15) is 0 Å². The molecule has 1 heterocycles. The van der Waals surface area contributed by atoms with Gasteiger partial charge in [-0.15, -0.1) is 0 Å². The van der Waals surface area contributed by atoms with Gasteiger partial charge in [0.05, 0.1) is 11.4 Å². The number of quaternary nitrogens is 1. The van der Waals surface area contributed by atoms with Crippen molar-refractivity contribution in [1.29, 1.82) is 0 Å². The van der Waals surface area contributed by atoms with Crippen molar-refractivity contribution >= 4 is 39.3 Å². The second kappa shape index (κ2) is 5.83. The van der Waals surface area contributed by atoms with E-state index in [0.717, 1.165) is 5.56 Å². The number of halogens is 1. The van der Waals surface area contributed by atoms with E-state index in [-0.39, 0.29) is 27.5 Å². The smallest absolute Gasteiger partial charge is 0.360 e. The zero-order valence-corrected chi connectivity index (χ0v) is 15.3. The van der Waals surface area contributed by atoms with Crippen LogP contribution < -0.4 is 4.48 Å². The number of alkyl halides is 1. The van der Waals surface area contributed by atoms with E-state index >= 15 is 0 Å². The standard InChI is InChI=1S/C17H20BrNO4/c1-5-19(9-14(20)21)13-7-6-11(15(22)10(2)18)8-12(13)17(3,4)16(19)23/h6-8,10H,5,9H2,1-4H3/p+1. The van der Waals surface area contributed by atoms with Crippen molar-refractivity contribution in [2.45, 2.75) is 37.9 Å². The number of rotatable bonds is 5. The van der Waals surface area contributed by atoms with E-state index in [1.165, 1.54) is 0 Å². The van der Waals surface area contributed by atoms with E-state index in [9.17, 15) is 19.5 Å². The van der Waals surface area contributed by atoms with Crippen molar-refractivity contribution < 1.29 is 19.5 Å². The largest absolute Gasteiger partial charge is 0.477 e. The summed E-state index contributed by atoms with van der Waals surface area (Å²) in [6, 6.07) is 5.15. The Labute approximate surface area is 144 Å². The maximum Gasteiger partial charge on any atom is 0.360 e. The molecular formula is C17H21BrNO4+. The van der Waals surface area contributed by atoms with E-state index in [0.29, 0.717) is 17.8 Å². The van der Waals surface area contributed by atoms with Gasteiger partial charge in [0.2, 0.25) is 0 Å². The highest BCUT2D eigenvalue weighted by Gasteiger charge is 2.57. The highest BCUT2D eigenvalue weighted by atomic mass is 79.9. The number of fused-ring (bicyclic) bond motifs is 1. The number of hydrogen-bond acceptors (Lipinski definition) is 3. The van der Waals surface area contributed by atoms with Gasteiger partial charge >= 0.3 is 11.9 Å². The number of aliphatic carboxylic acids is 1. The molecular weight excluding hydrogens is 362 g/mol. The molecule has 1 aliphatic heterocycles. The Balaban J connectivity index is 2.68. The number of carbonyl (C=O) groups is 3. The van der Waals surface area contributed by atoms with Gasteiger partial charge in [-0.25, -0.2) is 14.1 Å². The van der Waals surface area contributed by atoms with E-state index in [1.807, 2.05) is 6.92 Å². The Morgan fingerprint density at radius 1 is 1.35 bits per heavy atom. The van der Waals surface area contributed by atoms with Crippen LogP contribution in [0.5, 0.6) is 0 Å². The fourth-order valence-electron chi connectivity index (χ4n) is 3.37. The zero-order chi connectivity index (χ0) is 17.6. The molecule has 1 aromatic rings. The molecule has 0 bridgehead atoms. The number of Topliss-reactive ketones (excluding diaryl/α,β-unsaturated/α-hetero) is 1. The number of hydrogen-bond donors (Lipinski definition) is 1. The van der Waals surface area contributed by atoms with Gasteiger partial charge in [0.15, 0.2) is 12.3 Å². The third-order valence-electron chi connectivity index (χ3n) is 4.65. The number of carboxylic acids is 1. The molecule has 0 fully saturated rings. The number of benzene rings is 1. The Hall–Kier alpha value is -1.53. The van der Waals surface area contributed by atoms with Crippen LogP contribution in [-0.4, -0.2) is 40.7 Å². The molecule has 0 aromatic heterocycles. The quantitative estimate of drug-likeness (QED) is 0.482. The summed E-state index contributed by atoms with van der Waals surface area (Å²) in [5.74, 6) is -1.22. The number of amides is 1. The molecule has 6 heteroatoms. The molecule has 0 radical (unpaired) electrons. The molecule has 0 saturated carbocycles. The molecule has 1 aliphatic rings. The van der Waals surface area contributed by atoms with Gasteiger partial charge in [-0.3, -0.25) is 4.79 Å². The fraction of sp³-hybridized carbons (Fsp3) is 0.471. The first-order chi connectivity index (χ1) is 10.6. The first-order valence-corrected chi connectivity index (χ1v) is 8.46. The normalized spacial score (nSPS) is 23.4. The molecule has 0 saturated heterocycles. The monoisotopic (exact) mass is 382 g/mol. The summed E-state index contributed by atoms with van der Waals surface area (Å²) in [6.45, 7) is 7.22. The minimum Gasteiger partial charge on any atom is -0.477 e. The molecule has 2 unspecified atom stereocenters. The van der Waals surface area contributed by atoms with E-state index in [4.69, 9.17) is 0 Å². The van der Waals surface area contributed by atoms with Gasteiger partial charge in [-0.1, -0.05) is 15.9 Å². The Morgan fingerprint density at radius 2 is 1.96 bits per heavy atom. The second-order valence-electron chi connectivity index (χ2n) is 6.48. The Morgan fingerprint density at radius 3 is 2.43 bits per heavy atom. The molecule has 124 valence electrons. The van der Waals surface area contributed by atoms with Crippen LogP contribution in [0.3, 0.4) is 0 Å². The van der Waals surface area contributed by atoms with Gasteiger partial charge in [0, 0.05) is 17.2 Å². The van der Waals surface area contributed by atoms with Gasteiger partial charge < -0.3 is 5.11 Å². The zero-order valence-electron chi connectivity index (χ0n) is 13.7. The first-order valence-electron chi connectivity index (χ1n) is 7.55. The van der Waals surface area contributed by atoms with Crippen LogP contribution in [0.25, 0.3) is 0 Å². The summed E-state index contributed by atoms with van der Waals surface area (Å²) < 4.78 is -0.212. The summed E-state index contributed by atoms with van der Waals surface area (Å²) >= 11 is 3.27. The van der Waals surface area contributed by atoms with Gasteiger partial charge in [0.25, 0.3) is 0 Å². The third-order valence-corrected chi connectivity index (χ3v) is 5.06. The Kier molecular flexibility index (Phi) is 4.52. The lowest BCUT2D eigenvalue weighted by atomic mass is 9.85. The minimum absolute atomic E-state index is 0.0595. The molecule has 0 aliphatic carbocycles. The van der Waals surface area contributed by atoms with Crippen molar-refractivity contribution in [3.63, 3.8) is 0 Å². The van der Waals surface area contributed by atoms with Gasteiger partial charge in [-0.05, 0) is 39.8 Å². The van der Waals surface area contributed by atoms with Crippen molar-refractivity contribution in [2.24, 2.45) is 0 Å². The molecule has 1 aromatic carbocycles. The number of carboxylic acid groups (broad SMARTS) is 1. The van der Waals surface area contributed by atoms with Gasteiger partial charge in [0.1, 0.15) is 11.1 Å². The average molecular weight is 383 g/mol. The van der Waals surface area contributed by atoms with E-state index in [2.05, 4.69) is 15.9 Å². The summed E-state index contributed by atoms with van der Waals surface area (Å²) in [4.78, 5) is 36.2. The van der Waals surface area contributed by atoms with Crippen molar-refractivity contribution in [3.8, 4) is 0 Å². The van der Waals surface area contributed by atoms with Crippen molar-refractivity contribution in [3.05, 3.63) is 29.3 Å². The lowest BCUT2D eigenvalue weighted by molar-refractivity contribution is -0.144. The highest BCUT2D eigenvalue weighted by molar-refractivity contribution is 9.10. The SMILES string of the molecule is CC[N+]1(CC(=O)O)C(=O)C(C)(C)c2cc(C(=O)C(C)Br)ccc21. The minimum atomic E-state index is -1.02. The highest BCUT2D eigenvalue weighted by Crippen LogP contribution is 2.46. The molecule has 5 nitrogen and oxygen atoms in total. The molecule has 2 atom stereocenters. The molecule has 1 amide bonds. The summed E-state index contributed by atoms with van der Waals surface area (Å²) in [7, 11) is 0. The Bertz CT molecular complexity index is 696. The van der Waals surface area contributed by atoms with Crippen molar-refractivity contribution in [2.75, 3.05) is 13.1 Å². The van der Waals surface area contributed by atoms with Crippen LogP contribution in [0, 0.1) is 0 Å². The van der Waals surface area contributed by atoms with E-state index < -0.39 is 11.4 Å².